The zero-order valence-corrected chi connectivity index (χ0v) is 14.4. The number of alkyl halides is 2. The molecule has 10 heteroatoms. The molecule has 0 fully saturated rings. The van der Waals surface area contributed by atoms with Crippen LogP contribution < -0.4 is 0 Å². The average Bonchev–Trinajstić information content (AvgIpc) is 2.99. The van der Waals surface area contributed by atoms with Gasteiger partial charge < -0.3 is 0 Å². The van der Waals surface area contributed by atoms with Crippen molar-refractivity contribution in [3.8, 4) is 16.9 Å². The highest BCUT2D eigenvalue weighted by atomic mass is 32.2. The Labute approximate surface area is 150 Å². The number of benzene rings is 2. The summed E-state index contributed by atoms with van der Waals surface area (Å²) in [6.45, 7) is 0. The molecule has 1 heterocycles. The predicted molar refractivity (Wildman–Crippen MR) is 86.9 cm³/mol. The molecule has 0 unspecified atom stereocenters. The van der Waals surface area contributed by atoms with Gasteiger partial charge >= 0.3 is 0 Å². The third-order valence-corrected chi connectivity index (χ3v) is 4.82. The maximum Gasteiger partial charge on any atom is 0.282 e. The smallest absolute Gasteiger partial charge is 0.232 e. The van der Waals surface area contributed by atoms with Crippen molar-refractivity contribution in [1.82, 2.24) is 9.78 Å². The fourth-order valence-corrected chi connectivity index (χ4v) is 3.38. The molecular weight excluding hydrogens is 391 g/mol. The van der Waals surface area contributed by atoms with Gasteiger partial charge in [0.15, 0.2) is 9.84 Å². The highest BCUT2D eigenvalue weighted by Gasteiger charge is 2.23. The Morgan fingerprint density at radius 2 is 1.52 bits per heavy atom. The minimum atomic E-state index is -4.18. The summed E-state index contributed by atoms with van der Waals surface area (Å²) in [4.78, 5) is -1.13. The lowest BCUT2D eigenvalue weighted by atomic mass is 10.1. The molecule has 0 aliphatic rings. The maximum atomic E-state index is 14.2. The van der Waals surface area contributed by atoms with E-state index in [2.05, 4.69) is 5.10 Å². The van der Waals surface area contributed by atoms with Crippen LogP contribution in [0.3, 0.4) is 0 Å². The molecule has 27 heavy (non-hydrogen) atoms. The Hall–Kier alpha value is -2.75. The number of halogens is 5. The summed E-state index contributed by atoms with van der Waals surface area (Å²) in [5, 5.41) is 3.64. The van der Waals surface area contributed by atoms with Crippen molar-refractivity contribution in [2.45, 2.75) is 11.3 Å². The average molecular weight is 402 g/mol. The summed E-state index contributed by atoms with van der Waals surface area (Å²) >= 11 is 0. The van der Waals surface area contributed by atoms with E-state index < -0.39 is 44.3 Å². The molecule has 0 saturated heterocycles. The van der Waals surface area contributed by atoms with Gasteiger partial charge in [0, 0.05) is 24.0 Å². The normalized spacial score (nSPS) is 12.0. The molecule has 3 aromatic rings. The van der Waals surface area contributed by atoms with E-state index in [4.69, 9.17) is 0 Å². The first-order valence-corrected chi connectivity index (χ1v) is 9.30. The molecule has 0 atom stereocenters. The summed E-state index contributed by atoms with van der Waals surface area (Å²) in [5.41, 5.74) is -0.675. The second-order valence-electron chi connectivity index (χ2n) is 5.68. The van der Waals surface area contributed by atoms with Gasteiger partial charge in [-0.15, -0.1) is 0 Å². The van der Waals surface area contributed by atoms with E-state index in [0.29, 0.717) is 18.4 Å². The lowest BCUT2D eigenvalue weighted by molar-refractivity contribution is 0.145. The zero-order chi connectivity index (χ0) is 19.9. The summed E-state index contributed by atoms with van der Waals surface area (Å²) < 4.78 is 91.5. The van der Waals surface area contributed by atoms with E-state index >= 15 is 0 Å². The largest absolute Gasteiger partial charge is 0.282 e. The molecule has 0 aliphatic heterocycles. The molecule has 2 aromatic carbocycles. The van der Waals surface area contributed by atoms with Crippen molar-refractivity contribution in [2.24, 2.45) is 0 Å². The van der Waals surface area contributed by atoms with Crippen LogP contribution >= 0.6 is 0 Å². The molecule has 0 saturated carbocycles. The fraction of sp³-hybridized carbons (Fsp3) is 0.118. The van der Waals surface area contributed by atoms with E-state index in [9.17, 15) is 30.4 Å². The van der Waals surface area contributed by atoms with E-state index in [-0.39, 0.29) is 16.9 Å². The number of nitrogens with zero attached hydrogens (tertiary/aromatic N) is 2. The van der Waals surface area contributed by atoms with Crippen molar-refractivity contribution in [2.75, 3.05) is 6.26 Å². The Morgan fingerprint density at radius 1 is 0.963 bits per heavy atom. The summed E-state index contributed by atoms with van der Waals surface area (Å²) in [6, 6.07) is 7.10. The lowest BCUT2D eigenvalue weighted by Crippen LogP contribution is -2.08. The Balaban J connectivity index is 2.24. The van der Waals surface area contributed by atoms with Crippen LogP contribution in [0, 0.1) is 17.5 Å². The molecule has 142 valence electrons. The third kappa shape index (κ3) is 3.70. The van der Waals surface area contributed by atoms with Crippen molar-refractivity contribution >= 4 is 9.84 Å². The van der Waals surface area contributed by atoms with Crippen molar-refractivity contribution < 1.29 is 30.4 Å². The van der Waals surface area contributed by atoms with Crippen LogP contribution in [0.2, 0.25) is 0 Å². The highest BCUT2D eigenvalue weighted by Crippen LogP contribution is 2.30. The van der Waals surface area contributed by atoms with Gasteiger partial charge in [0.05, 0.1) is 11.4 Å². The SMILES string of the molecule is CS(=O)(=O)c1c(F)cc(-n2nc(C(F)F)cc2-c2ccc(F)cc2)cc1F. The van der Waals surface area contributed by atoms with Gasteiger partial charge in [0.25, 0.3) is 6.43 Å². The Bertz CT molecular complexity index is 1090. The van der Waals surface area contributed by atoms with E-state index in [1.54, 1.807) is 0 Å². The predicted octanol–water partition coefficient (Wildman–Crippen LogP) is 4.30. The third-order valence-electron chi connectivity index (χ3n) is 3.69. The first-order valence-electron chi connectivity index (χ1n) is 7.41. The van der Waals surface area contributed by atoms with Crippen molar-refractivity contribution in [3.63, 3.8) is 0 Å². The Kier molecular flexibility index (Phi) is 4.77. The van der Waals surface area contributed by atoms with Crippen molar-refractivity contribution in [1.29, 1.82) is 0 Å². The van der Waals surface area contributed by atoms with E-state index in [1.165, 1.54) is 12.1 Å². The van der Waals surface area contributed by atoms with Gasteiger partial charge in [-0.05, 0) is 30.3 Å². The Morgan fingerprint density at radius 3 is 2.00 bits per heavy atom. The molecule has 0 bridgehead atoms. The minimum absolute atomic E-state index is 0.0243. The molecule has 0 radical (unpaired) electrons. The molecule has 0 amide bonds. The molecule has 0 N–H and O–H groups in total. The van der Waals surface area contributed by atoms with Crippen LogP contribution in [0.5, 0.6) is 0 Å². The quantitative estimate of drug-likeness (QED) is 0.612. The number of hydrogen-bond donors (Lipinski definition) is 0. The second-order valence-corrected chi connectivity index (χ2v) is 7.64. The summed E-state index contributed by atoms with van der Waals surface area (Å²) in [6.07, 6.45) is -2.32. The minimum Gasteiger partial charge on any atom is -0.232 e. The molecular formula is C17H11F5N2O2S. The summed E-state index contributed by atoms with van der Waals surface area (Å²) in [7, 11) is -4.18. The monoisotopic (exact) mass is 402 g/mol. The molecule has 1 aromatic heterocycles. The van der Waals surface area contributed by atoms with Gasteiger partial charge in [-0.1, -0.05) is 0 Å². The molecule has 4 nitrogen and oxygen atoms in total. The first-order chi connectivity index (χ1) is 12.6. The number of rotatable bonds is 4. The highest BCUT2D eigenvalue weighted by molar-refractivity contribution is 7.90. The van der Waals surface area contributed by atoms with Crippen LogP contribution in [-0.2, 0) is 9.84 Å². The second kappa shape index (κ2) is 6.76. The maximum absolute atomic E-state index is 14.2. The molecule has 0 spiro atoms. The topological polar surface area (TPSA) is 52.0 Å². The van der Waals surface area contributed by atoms with Gasteiger partial charge in [-0.25, -0.2) is 35.1 Å². The number of aromatic nitrogens is 2. The van der Waals surface area contributed by atoms with Gasteiger partial charge in [0.1, 0.15) is 28.0 Å². The first kappa shape index (κ1) is 19.0. The van der Waals surface area contributed by atoms with Crippen LogP contribution in [0.25, 0.3) is 16.9 Å². The van der Waals surface area contributed by atoms with E-state index in [1.807, 2.05) is 0 Å². The zero-order valence-electron chi connectivity index (χ0n) is 13.6. The lowest BCUT2D eigenvalue weighted by Gasteiger charge is -2.10. The number of sulfone groups is 1. The van der Waals surface area contributed by atoms with Gasteiger partial charge in [-0.3, -0.25) is 0 Å². The van der Waals surface area contributed by atoms with Crippen molar-refractivity contribution in [3.05, 3.63) is 65.6 Å². The summed E-state index contributed by atoms with van der Waals surface area (Å²) in [5.74, 6) is -3.33. The van der Waals surface area contributed by atoms with Gasteiger partial charge in [0.2, 0.25) is 0 Å². The number of hydrogen-bond acceptors (Lipinski definition) is 3. The van der Waals surface area contributed by atoms with Crippen LogP contribution in [0.4, 0.5) is 22.0 Å². The standard InChI is InChI=1S/C17H11F5N2O2S/c1-27(25,26)16-12(19)6-11(7-13(16)20)24-15(8-14(23-24)17(21)22)9-2-4-10(18)5-3-9/h2-8,17H,1H3. The van der Waals surface area contributed by atoms with Gasteiger partial charge in [-0.2, -0.15) is 5.10 Å². The van der Waals surface area contributed by atoms with Crippen LogP contribution in [0.1, 0.15) is 12.1 Å². The fourth-order valence-electron chi connectivity index (χ4n) is 2.55. The molecule has 3 rings (SSSR count). The van der Waals surface area contributed by atoms with Crippen LogP contribution in [-0.4, -0.2) is 24.5 Å². The van der Waals surface area contributed by atoms with Crippen LogP contribution in [0.15, 0.2) is 47.4 Å². The van der Waals surface area contributed by atoms with E-state index in [0.717, 1.165) is 22.9 Å². The molecule has 0 aliphatic carbocycles.